The minimum atomic E-state index is -0.0688. The first-order valence-corrected chi connectivity index (χ1v) is 12.3. The van der Waals surface area contributed by atoms with Crippen molar-refractivity contribution in [3.05, 3.63) is 71.2 Å². The Morgan fingerprint density at radius 3 is 2.84 bits per heavy atom. The van der Waals surface area contributed by atoms with E-state index in [2.05, 4.69) is 35.9 Å². The maximum absolute atomic E-state index is 9.44. The molecule has 4 aromatic rings. The van der Waals surface area contributed by atoms with Gasteiger partial charge in [-0.2, -0.15) is 15.0 Å². The number of H-pyrrole nitrogens is 1. The number of aliphatic hydroxyl groups excluding tert-OH is 1. The van der Waals surface area contributed by atoms with Gasteiger partial charge < -0.3 is 29.2 Å². The predicted octanol–water partition coefficient (Wildman–Crippen LogP) is 2.93. The Morgan fingerprint density at radius 2 is 2.00 bits per heavy atom. The zero-order chi connectivity index (χ0) is 25.5. The van der Waals surface area contributed by atoms with Crippen molar-refractivity contribution >= 4 is 23.1 Å². The van der Waals surface area contributed by atoms with Crippen molar-refractivity contribution in [2.45, 2.75) is 19.6 Å². The van der Waals surface area contributed by atoms with E-state index in [-0.39, 0.29) is 12.6 Å². The topological polar surface area (TPSA) is 118 Å². The van der Waals surface area contributed by atoms with Crippen LogP contribution in [0.15, 0.2) is 53.7 Å². The van der Waals surface area contributed by atoms with E-state index >= 15 is 0 Å². The summed E-state index contributed by atoms with van der Waals surface area (Å²) in [5, 5.41) is 10.6. The number of ether oxygens (including phenoxy) is 3. The molecule has 0 aliphatic carbocycles. The molecule has 3 heterocycles. The Kier molecular flexibility index (Phi) is 7.87. The second kappa shape index (κ2) is 11.8. The van der Waals surface area contributed by atoms with Crippen molar-refractivity contribution in [1.29, 1.82) is 0 Å². The predicted molar refractivity (Wildman–Crippen MR) is 141 cm³/mol. The molecule has 0 spiro atoms. The van der Waals surface area contributed by atoms with Gasteiger partial charge in [-0.1, -0.05) is 30.3 Å². The SMILES string of the molecule is COc1cc(CCOc2nc(CN=Cc3c[nH]c4ccccc34)nc(N3CCOCC3)n2)ccc1CO. The fourth-order valence-electron chi connectivity index (χ4n) is 4.19. The molecule has 1 fully saturated rings. The Bertz CT molecular complexity index is 1370. The molecule has 2 aromatic carbocycles. The number of aromatic amines is 1. The van der Waals surface area contributed by atoms with E-state index in [1.54, 1.807) is 7.11 Å². The number of morpholine rings is 1. The molecule has 0 unspecified atom stereocenters. The Balaban J connectivity index is 1.30. The number of methoxy groups -OCH3 is 1. The van der Waals surface area contributed by atoms with E-state index in [4.69, 9.17) is 14.2 Å². The molecule has 1 aliphatic rings. The molecule has 37 heavy (non-hydrogen) atoms. The quantitative estimate of drug-likeness (QED) is 0.318. The molecule has 5 rings (SSSR count). The number of aliphatic hydroxyl groups is 1. The third-order valence-corrected chi connectivity index (χ3v) is 6.17. The fourth-order valence-corrected chi connectivity index (χ4v) is 4.19. The van der Waals surface area contributed by atoms with Crippen LogP contribution in [0.2, 0.25) is 0 Å². The molecule has 2 aromatic heterocycles. The summed E-state index contributed by atoms with van der Waals surface area (Å²) < 4.78 is 16.8. The summed E-state index contributed by atoms with van der Waals surface area (Å²) in [4.78, 5) is 23.7. The number of aromatic nitrogens is 4. The number of nitrogens with one attached hydrogen (secondary N) is 1. The average molecular weight is 503 g/mol. The van der Waals surface area contributed by atoms with Crippen LogP contribution >= 0.6 is 0 Å². The third-order valence-electron chi connectivity index (χ3n) is 6.17. The van der Waals surface area contributed by atoms with Gasteiger partial charge >= 0.3 is 6.01 Å². The Hall–Kier alpha value is -4.02. The van der Waals surface area contributed by atoms with Gasteiger partial charge in [-0.05, 0) is 17.7 Å². The van der Waals surface area contributed by atoms with Crippen LogP contribution in [-0.2, 0) is 24.3 Å². The molecule has 0 atom stereocenters. The van der Waals surface area contributed by atoms with Crippen molar-refractivity contribution < 1.29 is 19.3 Å². The lowest BCUT2D eigenvalue weighted by Gasteiger charge is -2.26. The first-order valence-electron chi connectivity index (χ1n) is 12.3. The minimum Gasteiger partial charge on any atom is -0.496 e. The summed E-state index contributed by atoms with van der Waals surface area (Å²) >= 11 is 0. The number of hydrogen-bond acceptors (Lipinski definition) is 9. The van der Waals surface area contributed by atoms with Crippen LogP contribution < -0.4 is 14.4 Å². The zero-order valence-corrected chi connectivity index (χ0v) is 20.8. The fraction of sp³-hybridized carbons (Fsp3) is 0.333. The van der Waals surface area contributed by atoms with E-state index < -0.39 is 0 Å². The summed E-state index contributed by atoms with van der Waals surface area (Å²) in [6, 6.07) is 14.1. The number of para-hydroxylation sites is 1. The highest BCUT2D eigenvalue weighted by atomic mass is 16.5. The van der Waals surface area contributed by atoms with Gasteiger partial charge in [-0.25, -0.2) is 0 Å². The van der Waals surface area contributed by atoms with Crippen molar-refractivity contribution in [2.75, 3.05) is 44.9 Å². The van der Waals surface area contributed by atoms with Crippen LogP contribution in [0.4, 0.5) is 5.95 Å². The van der Waals surface area contributed by atoms with Gasteiger partial charge in [-0.15, -0.1) is 0 Å². The van der Waals surface area contributed by atoms with Crippen LogP contribution in [0.5, 0.6) is 11.8 Å². The third kappa shape index (κ3) is 6.04. The highest BCUT2D eigenvalue weighted by molar-refractivity contribution is 5.98. The van der Waals surface area contributed by atoms with Gasteiger partial charge in [-0.3, -0.25) is 4.99 Å². The lowest BCUT2D eigenvalue weighted by Crippen LogP contribution is -2.37. The average Bonchev–Trinajstić information content (AvgIpc) is 3.36. The number of aliphatic imine (C=N–C) groups is 1. The normalized spacial score (nSPS) is 13.9. The standard InChI is InChI=1S/C27H30N6O4/c1-35-24-14-19(6-7-20(24)18-34)8-11-37-27-31-25(30-26(32-27)33-9-12-36-13-10-33)17-28-15-21-16-29-23-5-3-2-4-22(21)23/h2-7,14-16,29,34H,8-13,17-18H2,1H3. The van der Waals surface area contributed by atoms with Crippen LogP contribution in [0.25, 0.3) is 10.9 Å². The van der Waals surface area contributed by atoms with Crippen molar-refractivity contribution in [3.63, 3.8) is 0 Å². The van der Waals surface area contributed by atoms with E-state index in [1.807, 2.05) is 48.8 Å². The van der Waals surface area contributed by atoms with E-state index in [1.165, 1.54) is 0 Å². The summed E-state index contributed by atoms with van der Waals surface area (Å²) in [5.41, 5.74) is 3.85. The molecule has 10 heteroatoms. The van der Waals surface area contributed by atoms with Crippen LogP contribution in [0, 0.1) is 0 Å². The molecule has 10 nitrogen and oxygen atoms in total. The lowest BCUT2D eigenvalue weighted by molar-refractivity contribution is 0.122. The zero-order valence-electron chi connectivity index (χ0n) is 20.8. The molecule has 2 N–H and O–H groups in total. The summed E-state index contributed by atoms with van der Waals surface area (Å²) in [7, 11) is 1.59. The first kappa shape index (κ1) is 24.7. The van der Waals surface area contributed by atoms with Crippen LogP contribution in [0.3, 0.4) is 0 Å². The number of anilines is 1. The molecule has 192 valence electrons. The van der Waals surface area contributed by atoms with Gasteiger partial charge in [0.15, 0.2) is 5.82 Å². The van der Waals surface area contributed by atoms with Gasteiger partial charge in [0.05, 0.1) is 40.1 Å². The molecular weight excluding hydrogens is 472 g/mol. The number of fused-ring (bicyclic) bond motifs is 1. The largest absolute Gasteiger partial charge is 0.496 e. The molecule has 0 radical (unpaired) electrons. The van der Waals surface area contributed by atoms with Crippen molar-refractivity contribution in [1.82, 2.24) is 19.9 Å². The van der Waals surface area contributed by atoms with Crippen molar-refractivity contribution in [3.8, 4) is 11.8 Å². The first-order chi connectivity index (χ1) is 18.2. The van der Waals surface area contributed by atoms with Crippen molar-refractivity contribution in [2.24, 2.45) is 4.99 Å². The van der Waals surface area contributed by atoms with Gasteiger partial charge in [0.1, 0.15) is 5.75 Å². The summed E-state index contributed by atoms with van der Waals surface area (Å²) in [6.45, 7) is 3.28. The Labute approximate surface area is 215 Å². The van der Waals surface area contributed by atoms with Crippen LogP contribution in [0.1, 0.15) is 22.5 Å². The van der Waals surface area contributed by atoms with Gasteiger partial charge in [0, 0.05) is 54.0 Å². The second-order valence-electron chi connectivity index (χ2n) is 8.60. The number of nitrogens with zero attached hydrogens (tertiary/aromatic N) is 5. The molecular formula is C27H30N6O4. The Morgan fingerprint density at radius 1 is 1.14 bits per heavy atom. The number of rotatable bonds is 10. The monoisotopic (exact) mass is 502 g/mol. The second-order valence-corrected chi connectivity index (χ2v) is 8.60. The van der Waals surface area contributed by atoms with E-state index in [0.29, 0.717) is 63.4 Å². The summed E-state index contributed by atoms with van der Waals surface area (Å²) in [6.07, 6.45) is 4.41. The van der Waals surface area contributed by atoms with Gasteiger partial charge in [0.25, 0.3) is 0 Å². The molecule has 1 aliphatic heterocycles. The molecule has 1 saturated heterocycles. The number of hydrogen-bond donors (Lipinski definition) is 2. The van der Waals surface area contributed by atoms with E-state index in [9.17, 15) is 5.11 Å². The smallest absolute Gasteiger partial charge is 0.321 e. The maximum atomic E-state index is 9.44. The molecule has 0 saturated carbocycles. The highest BCUT2D eigenvalue weighted by Gasteiger charge is 2.17. The van der Waals surface area contributed by atoms with E-state index in [0.717, 1.165) is 27.6 Å². The van der Waals surface area contributed by atoms with Crippen LogP contribution in [-0.4, -0.2) is 71.3 Å². The minimum absolute atomic E-state index is 0.0688. The maximum Gasteiger partial charge on any atom is 0.321 e. The number of benzene rings is 2. The summed E-state index contributed by atoms with van der Waals surface area (Å²) in [5.74, 6) is 1.77. The lowest BCUT2D eigenvalue weighted by atomic mass is 10.1. The van der Waals surface area contributed by atoms with Gasteiger partial charge in [0.2, 0.25) is 5.95 Å². The molecule has 0 bridgehead atoms. The molecule has 0 amide bonds. The highest BCUT2D eigenvalue weighted by Crippen LogP contribution is 2.21.